The zero-order chi connectivity index (χ0) is 16.9. The number of carbonyl (C=O) groups is 1. The summed E-state index contributed by atoms with van der Waals surface area (Å²) in [7, 11) is 5.83. The lowest BCUT2D eigenvalue weighted by Crippen LogP contribution is -3.00. The minimum atomic E-state index is -0.0232. The summed E-state index contributed by atoms with van der Waals surface area (Å²) in [6.07, 6.45) is 1.70. The maximum Gasteiger partial charge on any atom is 0.193 e. The van der Waals surface area contributed by atoms with Gasteiger partial charge in [0.2, 0.25) is 0 Å². The Hall–Kier alpha value is -2.34. The Labute approximate surface area is 154 Å². The van der Waals surface area contributed by atoms with Crippen molar-refractivity contribution in [2.75, 3.05) is 27.7 Å². The van der Waals surface area contributed by atoms with Gasteiger partial charge in [-0.1, -0.05) is 30.3 Å². The molecule has 0 aliphatic heterocycles. The molecule has 0 aromatic heterocycles. The van der Waals surface area contributed by atoms with E-state index in [1.807, 2.05) is 39.3 Å². The van der Waals surface area contributed by atoms with E-state index in [1.54, 1.807) is 42.6 Å². The van der Waals surface area contributed by atoms with Crippen molar-refractivity contribution < 1.29 is 37.0 Å². The van der Waals surface area contributed by atoms with Gasteiger partial charge in [0.1, 0.15) is 11.9 Å². The predicted octanol–water partition coefficient (Wildman–Crippen LogP) is -0.419. The summed E-state index contributed by atoms with van der Waals surface area (Å²) in [6.45, 7) is 0.0987. The topological polar surface area (TPSA) is 78.0 Å². The molecule has 0 atom stereocenters. The Morgan fingerprint density at radius 1 is 1.00 bits per heavy atom. The molecule has 2 aromatic rings. The van der Waals surface area contributed by atoms with E-state index in [1.165, 1.54) is 0 Å². The van der Waals surface area contributed by atoms with Gasteiger partial charge in [0.25, 0.3) is 0 Å². The highest BCUT2D eigenvalue weighted by Gasteiger charge is 2.09. The van der Waals surface area contributed by atoms with Crippen molar-refractivity contribution in [3.8, 4) is 5.75 Å². The van der Waals surface area contributed by atoms with Gasteiger partial charge in [-0.05, 0) is 24.3 Å². The first kappa shape index (κ1) is 22.7. The number of rotatable bonds is 6. The normalized spacial score (nSPS) is 11.1. The third-order valence-electron chi connectivity index (χ3n) is 3.08. The van der Waals surface area contributed by atoms with Crippen LogP contribution in [0.15, 0.2) is 66.6 Å². The highest BCUT2D eigenvalue weighted by Crippen LogP contribution is 2.16. The van der Waals surface area contributed by atoms with Crippen LogP contribution in [0.4, 0.5) is 0 Å². The molecule has 0 spiro atoms. The zero-order valence-corrected chi connectivity index (χ0v) is 15.3. The average molecular weight is 366 g/mol. The molecule has 0 saturated carbocycles. The lowest BCUT2D eigenvalue weighted by molar-refractivity contribution is -0.818. The second-order valence-corrected chi connectivity index (χ2v) is 6.24. The van der Waals surface area contributed by atoms with Gasteiger partial charge in [-0.15, -0.1) is 0 Å². The minimum absolute atomic E-state index is 0. The summed E-state index contributed by atoms with van der Waals surface area (Å²) in [4.78, 5) is 12.3. The van der Waals surface area contributed by atoms with Crippen molar-refractivity contribution in [2.45, 2.75) is 0 Å². The molecule has 6 heteroatoms. The standard InChI is InChI=1S/C19H21NO3.ClH.H2O/c1-20(2,3)13-17(21)14-23-18-11-9-16(10-12-18)19(22)15-7-5-4-6-8-15;;/h4-13H,14H2,1-3H3;1H;1H2/b17-13+;;. The van der Waals surface area contributed by atoms with E-state index in [0.29, 0.717) is 21.4 Å². The molecule has 5 nitrogen and oxygen atoms in total. The van der Waals surface area contributed by atoms with Crippen molar-refractivity contribution in [1.82, 2.24) is 0 Å². The molecule has 0 unspecified atom stereocenters. The summed E-state index contributed by atoms with van der Waals surface area (Å²) in [5, 5.41) is 9.80. The molecule has 0 aliphatic rings. The van der Waals surface area contributed by atoms with Gasteiger partial charge >= 0.3 is 0 Å². The Kier molecular flexibility index (Phi) is 8.91. The van der Waals surface area contributed by atoms with Crippen molar-refractivity contribution in [3.63, 3.8) is 0 Å². The van der Waals surface area contributed by atoms with Crippen molar-refractivity contribution in [1.29, 1.82) is 0 Å². The molecule has 3 N–H and O–H groups in total. The van der Waals surface area contributed by atoms with E-state index < -0.39 is 0 Å². The monoisotopic (exact) mass is 365 g/mol. The first-order chi connectivity index (χ1) is 10.8. The van der Waals surface area contributed by atoms with Crippen LogP contribution in [0, 0.1) is 0 Å². The molecule has 0 fully saturated rings. The number of ether oxygens (including phenoxy) is 1. The number of halogens is 1. The van der Waals surface area contributed by atoms with Crippen LogP contribution in [-0.4, -0.2) is 48.6 Å². The number of aliphatic hydroxyl groups is 1. The number of ketones is 1. The summed E-state index contributed by atoms with van der Waals surface area (Å²) >= 11 is 0. The van der Waals surface area contributed by atoms with E-state index in [0.717, 1.165) is 0 Å². The number of hydrogen-bond acceptors (Lipinski definition) is 3. The maximum absolute atomic E-state index is 12.3. The van der Waals surface area contributed by atoms with Crippen LogP contribution in [0.25, 0.3) is 0 Å². The van der Waals surface area contributed by atoms with Crippen LogP contribution in [0.5, 0.6) is 5.75 Å². The van der Waals surface area contributed by atoms with Crippen LogP contribution in [0.3, 0.4) is 0 Å². The molecule has 0 heterocycles. The Bertz CT molecular complexity index is 692. The Morgan fingerprint density at radius 2 is 1.52 bits per heavy atom. The smallest absolute Gasteiger partial charge is 0.193 e. The first-order valence-corrected chi connectivity index (χ1v) is 7.39. The van der Waals surface area contributed by atoms with Crippen LogP contribution in [0.1, 0.15) is 15.9 Å². The fourth-order valence-corrected chi connectivity index (χ4v) is 2.10. The van der Waals surface area contributed by atoms with Gasteiger partial charge in [0.15, 0.2) is 18.1 Å². The van der Waals surface area contributed by atoms with E-state index in [9.17, 15) is 9.90 Å². The molecular weight excluding hydrogens is 342 g/mol. The SMILES string of the molecule is C[N+](C)(C)/C=C(/O)COc1ccc(C(=O)c2ccccc2)cc1.O.[Cl-]. The van der Waals surface area contributed by atoms with Gasteiger partial charge in [-0.25, -0.2) is 0 Å². The molecule has 0 aliphatic carbocycles. The molecule has 0 bridgehead atoms. The van der Waals surface area contributed by atoms with Crippen LogP contribution < -0.4 is 17.1 Å². The number of aliphatic hydroxyl groups excluding tert-OH is 1. The fourth-order valence-electron chi connectivity index (χ4n) is 2.10. The van der Waals surface area contributed by atoms with Gasteiger partial charge in [-0.3, -0.25) is 4.79 Å². The second kappa shape index (κ2) is 9.84. The lowest BCUT2D eigenvalue weighted by Gasteiger charge is -2.18. The molecule has 25 heavy (non-hydrogen) atoms. The summed E-state index contributed by atoms with van der Waals surface area (Å²) in [6, 6.07) is 16.1. The molecular formula is C19H24ClNO4. The predicted molar refractivity (Wildman–Crippen MR) is 94.2 cm³/mol. The van der Waals surface area contributed by atoms with Crippen LogP contribution >= 0.6 is 0 Å². The maximum atomic E-state index is 12.3. The van der Waals surface area contributed by atoms with E-state index in [4.69, 9.17) is 4.74 Å². The van der Waals surface area contributed by atoms with Crippen LogP contribution in [0.2, 0.25) is 0 Å². The quantitative estimate of drug-likeness (QED) is 0.429. The molecule has 0 saturated heterocycles. The molecule has 0 amide bonds. The number of hydrogen-bond donors (Lipinski definition) is 1. The molecule has 136 valence electrons. The molecule has 2 aromatic carbocycles. The average Bonchev–Trinajstić information content (AvgIpc) is 2.52. The molecule has 0 radical (unpaired) electrons. The Morgan fingerprint density at radius 3 is 2.04 bits per heavy atom. The summed E-state index contributed by atoms with van der Waals surface area (Å²) in [5.41, 5.74) is 1.26. The summed E-state index contributed by atoms with van der Waals surface area (Å²) < 4.78 is 6.03. The van der Waals surface area contributed by atoms with Gasteiger partial charge in [0, 0.05) is 11.1 Å². The zero-order valence-electron chi connectivity index (χ0n) is 14.6. The van der Waals surface area contributed by atoms with E-state index in [-0.39, 0.29) is 36.0 Å². The van der Waals surface area contributed by atoms with Gasteiger partial charge in [-0.2, -0.15) is 0 Å². The van der Waals surface area contributed by atoms with Crippen LogP contribution in [-0.2, 0) is 0 Å². The van der Waals surface area contributed by atoms with Crippen molar-refractivity contribution in [3.05, 3.63) is 77.7 Å². The van der Waals surface area contributed by atoms with Gasteiger partial charge < -0.3 is 32.2 Å². The van der Waals surface area contributed by atoms with E-state index >= 15 is 0 Å². The van der Waals surface area contributed by atoms with Gasteiger partial charge in [0.05, 0.1) is 21.1 Å². The second-order valence-electron chi connectivity index (χ2n) is 6.24. The number of benzene rings is 2. The van der Waals surface area contributed by atoms with Crippen molar-refractivity contribution >= 4 is 5.78 Å². The Balaban J connectivity index is 0.00000288. The number of nitrogens with zero attached hydrogens (tertiary/aromatic N) is 1. The number of carbonyl (C=O) groups excluding carboxylic acids is 1. The van der Waals surface area contributed by atoms with E-state index in [2.05, 4.69) is 0 Å². The third-order valence-corrected chi connectivity index (χ3v) is 3.08. The largest absolute Gasteiger partial charge is 1.00 e. The highest BCUT2D eigenvalue weighted by atomic mass is 35.5. The van der Waals surface area contributed by atoms with Crippen molar-refractivity contribution in [2.24, 2.45) is 0 Å². The fraction of sp³-hybridized carbons (Fsp3) is 0.211. The lowest BCUT2D eigenvalue weighted by atomic mass is 10.0. The minimum Gasteiger partial charge on any atom is -1.00 e. The number of quaternary nitrogens is 1. The highest BCUT2D eigenvalue weighted by molar-refractivity contribution is 6.08. The molecule has 2 rings (SSSR count). The first-order valence-electron chi connectivity index (χ1n) is 7.39. The third kappa shape index (κ3) is 7.39. The summed E-state index contributed by atoms with van der Waals surface area (Å²) in [5.74, 6) is 0.753.